The van der Waals surface area contributed by atoms with Gasteiger partial charge in [0.2, 0.25) is 5.91 Å². The minimum atomic E-state index is 0.262. The van der Waals surface area contributed by atoms with E-state index in [0.717, 1.165) is 25.8 Å². The molecule has 0 unspecified atom stereocenters. The highest BCUT2D eigenvalue weighted by atomic mass is 16.1. The Hall–Kier alpha value is -0.530. The number of carbonyl (C=O) groups excluding carboxylic acids is 1. The molecule has 0 aromatic carbocycles. The summed E-state index contributed by atoms with van der Waals surface area (Å²) in [6, 6.07) is 0. The first-order chi connectivity index (χ1) is 12.3. The van der Waals surface area contributed by atoms with Crippen molar-refractivity contribution in [1.82, 2.24) is 5.32 Å². The molecule has 0 aliphatic rings. The van der Waals surface area contributed by atoms with Crippen LogP contribution in [-0.2, 0) is 4.79 Å². The molecule has 0 aliphatic carbocycles. The van der Waals surface area contributed by atoms with Gasteiger partial charge in [0.1, 0.15) is 0 Å². The molecule has 0 spiro atoms. The second-order valence-electron chi connectivity index (χ2n) is 7.81. The van der Waals surface area contributed by atoms with Crippen molar-refractivity contribution in [3.63, 3.8) is 0 Å². The highest BCUT2D eigenvalue weighted by molar-refractivity contribution is 5.78. The largest absolute Gasteiger partial charge is 0.356 e. The van der Waals surface area contributed by atoms with Crippen molar-refractivity contribution in [3.8, 4) is 0 Å². The lowest BCUT2D eigenvalue weighted by molar-refractivity contribution is -0.125. The minimum Gasteiger partial charge on any atom is -0.356 e. The quantitative estimate of drug-likeness (QED) is 0.241. The van der Waals surface area contributed by atoms with Crippen LogP contribution < -0.4 is 5.32 Å². The summed E-state index contributed by atoms with van der Waals surface area (Å²) < 4.78 is 0. The third kappa shape index (κ3) is 16.7. The van der Waals surface area contributed by atoms with E-state index in [2.05, 4.69) is 26.1 Å². The zero-order chi connectivity index (χ0) is 18.6. The van der Waals surface area contributed by atoms with Crippen LogP contribution in [0.15, 0.2) is 0 Å². The summed E-state index contributed by atoms with van der Waals surface area (Å²) in [5.74, 6) is 0.593. The molecule has 2 nitrogen and oxygen atoms in total. The van der Waals surface area contributed by atoms with Crippen LogP contribution >= 0.6 is 0 Å². The Morgan fingerprint density at radius 1 is 0.600 bits per heavy atom. The summed E-state index contributed by atoms with van der Waals surface area (Å²) in [6.45, 7) is 7.63. The van der Waals surface area contributed by atoms with Crippen LogP contribution in [-0.4, -0.2) is 12.5 Å². The van der Waals surface area contributed by atoms with E-state index in [1.54, 1.807) is 0 Å². The monoisotopic (exact) mass is 353 g/mol. The van der Waals surface area contributed by atoms with Crippen molar-refractivity contribution in [3.05, 3.63) is 0 Å². The molecule has 0 rings (SSSR count). The number of hydrogen-bond donors (Lipinski definition) is 1. The zero-order valence-electron chi connectivity index (χ0n) is 17.7. The highest BCUT2D eigenvalue weighted by Crippen LogP contribution is 2.19. The van der Waals surface area contributed by atoms with Crippen molar-refractivity contribution in [2.45, 2.75) is 130 Å². The van der Waals surface area contributed by atoms with Gasteiger partial charge >= 0.3 is 0 Å². The number of hydrogen-bond acceptors (Lipinski definition) is 1. The van der Waals surface area contributed by atoms with E-state index in [1.165, 1.54) is 89.9 Å². The number of unbranched alkanes of at least 4 members (excludes halogenated alkanes) is 12. The topological polar surface area (TPSA) is 29.1 Å². The average Bonchev–Trinajstić information content (AvgIpc) is 2.62. The summed E-state index contributed by atoms with van der Waals surface area (Å²) in [5, 5.41) is 3.22. The predicted octanol–water partition coefficient (Wildman–Crippen LogP) is 7.41. The van der Waals surface area contributed by atoms with Crippen LogP contribution in [0, 0.1) is 5.92 Å². The molecule has 0 radical (unpaired) electrons. The molecule has 0 bridgehead atoms. The van der Waals surface area contributed by atoms with Gasteiger partial charge in [-0.05, 0) is 19.3 Å². The normalized spacial score (nSPS) is 12.3. The third-order valence-corrected chi connectivity index (χ3v) is 5.26. The summed E-state index contributed by atoms with van der Waals surface area (Å²) in [6.07, 6.45) is 21.5. The SMILES string of the molecule is CCCCCCCCC[C@@H](CCCCC)C(=O)NCCCCCCC. The maximum absolute atomic E-state index is 12.5. The molecule has 25 heavy (non-hydrogen) atoms. The molecule has 0 fully saturated rings. The number of amides is 1. The Labute approximate surface area is 158 Å². The van der Waals surface area contributed by atoms with E-state index in [1.807, 2.05) is 0 Å². The molecule has 0 heterocycles. The molecule has 1 amide bonds. The van der Waals surface area contributed by atoms with E-state index in [-0.39, 0.29) is 5.92 Å². The maximum atomic E-state index is 12.5. The Kier molecular flexibility index (Phi) is 19.4. The van der Waals surface area contributed by atoms with Crippen molar-refractivity contribution in [2.24, 2.45) is 5.92 Å². The van der Waals surface area contributed by atoms with E-state index >= 15 is 0 Å². The molecular formula is C23H47NO. The Bertz CT molecular complexity index is 277. The molecule has 0 aromatic rings. The molecule has 0 saturated heterocycles. The second kappa shape index (κ2) is 19.8. The van der Waals surface area contributed by atoms with Gasteiger partial charge in [0.15, 0.2) is 0 Å². The van der Waals surface area contributed by atoms with E-state index in [4.69, 9.17) is 0 Å². The van der Waals surface area contributed by atoms with E-state index in [0.29, 0.717) is 5.91 Å². The van der Waals surface area contributed by atoms with Gasteiger partial charge in [-0.25, -0.2) is 0 Å². The van der Waals surface area contributed by atoms with Gasteiger partial charge in [-0.3, -0.25) is 4.79 Å². The van der Waals surface area contributed by atoms with Crippen molar-refractivity contribution >= 4 is 5.91 Å². The van der Waals surface area contributed by atoms with Gasteiger partial charge < -0.3 is 5.32 Å². The van der Waals surface area contributed by atoms with Crippen molar-refractivity contribution in [1.29, 1.82) is 0 Å². The van der Waals surface area contributed by atoms with E-state index in [9.17, 15) is 4.79 Å². The smallest absolute Gasteiger partial charge is 0.223 e. The van der Waals surface area contributed by atoms with Gasteiger partial charge in [0.05, 0.1) is 0 Å². The van der Waals surface area contributed by atoms with Crippen molar-refractivity contribution < 1.29 is 4.79 Å². The Morgan fingerprint density at radius 2 is 1.00 bits per heavy atom. The average molecular weight is 354 g/mol. The van der Waals surface area contributed by atoms with Crippen LogP contribution in [0.1, 0.15) is 130 Å². The van der Waals surface area contributed by atoms with E-state index < -0.39 is 0 Å². The number of nitrogens with one attached hydrogen (secondary N) is 1. The van der Waals surface area contributed by atoms with Gasteiger partial charge in [-0.2, -0.15) is 0 Å². The molecule has 0 aromatic heterocycles. The first-order valence-corrected chi connectivity index (χ1v) is 11.5. The first kappa shape index (κ1) is 24.5. The Balaban J connectivity index is 3.90. The lowest BCUT2D eigenvalue weighted by Gasteiger charge is -2.17. The van der Waals surface area contributed by atoms with Crippen molar-refractivity contribution in [2.75, 3.05) is 6.54 Å². The fourth-order valence-electron chi connectivity index (χ4n) is 3.48. The maximum Gasteiger partial charge on any atom is 0.223 e. The van der Waals surface area contributed by atoms with Crippen LogP contribution in [0.5, 0.6) is 0 Å². The predicted molar refractivity (Wildman–Crippen MR) is 112 cm³/mol. The summed E-state index contributed by atoms with van der Waals surface area (Å²) in [7, 11) is 0. The minimum absolute atomic E-state index is 0.262. The molecular weight excluding hydrogens is 306 g/mol. The van der Waals surface area contributed by atoms with Crippen LogP contribution in [0.4, 0.5) is 0 Å². The molecule has 0 aliphatic heterocycles. The third-order valence-electron chi connectivity index (χ3n) is 5.26. The Morgan fingerprint density at radius 3 is 1.56 bits per heavy atom. The fourth-order valence-corrected chi connectivity index (χ4v) is 3.48. The number of carbonyl (C=O) groups is 1. The summed E-state index contributed by atoms with van der Waals surface area (Å²) >= 11 is 0. The first-order valence-electron chi connectivity index (χ1n) is 11.5. The molecule has 2 heteroatoms. The fraction of sp³-hybridized carbons (Fsp3) is 0.957. The second-order valence-corrected chi connectivity index (χ2v) is 7.81. The zero-order valence-corrected chi connectivity index (χ0v) is 17.7. The standard InChI is InChI=1S/C23H47NO/c1-4-7-10-12-13-14-17-20-22(19-16-9-6-3)23(25)24-21-18-15-11-8-5-2/h22H,4-21H2,1-3H3,(H,24,25)/t22-/m1/s1. The van der Waals surface area contributed by atoms with Crippen LogP contribution in [0.2, 0.25) is 0 Å². The van der Waals surface area contributed by atoms with Gasteiger partial charge in [-0.1, -0.05) is 111 Å². The van der Waals surface area contributed by atoms with Crippen LogP contribution in [0.25, 0.3) is 0 Å². The summed E-state index contributed by atoms with van der Waals surface area (Å²) in [5.41, 5.74) is 0. The van der Waals surface area contributed by atoms with Gasteiger partial charge in [0.25, 0.3) is 0 Å². The molecule has 0 saturated carbocycles. The lowest BCUT2D eigenvalue weighted by atomic mass is 9.93. The van der Waals surface area contributed by atoms with Gasteiger partial charge in [0, 0.05) is 12.5 Å². The highest BCUT2D eigenvalue weighted by Gasteiger charge is 2.17. The van der Waals surface area contributed by atoms with Crippen LogP contribution in [0.3, 0.4) is 0 Å². The molecule has 1 atom stereocenters. The summed E-state index contributed by atoms with van der Waals surface area (Å²) in [4.78, 5) is 12.5. The lowest BCUT2D eigenvalue weighted by Crippen LogP contribution is -2.31. The van der Waals surface area contributed by atoms with Gasteiger partial charge in [-0.15, -0.1) is 0 Å². The molecule has 150 valence electrons. The molecule has 1 N–H and O–H groups in total. The number of rotatable bonds is 19.